The van der Waals surface area contributed by atoms with Gasteiger partial charge in [-0.3, -0.25) is 4.99 Å². The molecule has 1 aliphatic rings. The molecule has 0 N–H and O–H groups in total. The van der Waals surface area contributed by atoms with E-state index in [4.69, 9.17) is 0 Å². The summed E-state index contributed by atoms with van der Waals surface area (Å²) >= 11 is 0. The van der Waals surface area contributed by atoms with Crippen molar-refractivity contribution < 1.29 is 0 Å². The maximum absolute atomic E-state index is 4.32. The second-order valence-electron chi connectivity index (χ2n) is 3.85. The Morgan fingerprint density at radius 3 is 2.45 bits per heavy atom. The highest BCUT2D eigenvalue weighted by Crippen LogP contribution is 2.29. The van der Waals surface area contributed by atoms with Crippen LogP contribution in [0.5, 0.6) is 0 Å². The maximum atomic E-state index is 4.32. The van der Waals surface area contributed by atoms with Gasteiger partial charge in [0.2, 0.25) is 0 Å². The fourth-order valence-electron chi connectivity index (χ4n) is 0.924. The first-order valence-electron chi connectivity index (χ1n) is 4.12. The van der Waals surface area contributed by atoms with Gasteiger partial charge in [0.15, 0.2) is 0 Å². The average molecular weight is 152 g/mol. The molecule has 0 spiro atoms. The molecule has 0 bridgehead atoms. The lowest BCUT2D eigenvalue weighted by Crippen LogP contribution is -2.27. The van der Waals surface area contributed by atoms with Crippen LogP contribution >= 0.6 is 0 Å². The Balaban J connectivity index is 2.79. The lowest BCUT2D eigenvalue weighted by molar-refractivity contribution is 0.362. The van der Waals surface area contributed by atoms with Crippen LogP contribution in [0.1, 0.15) is 27.7 Å². The molecule has 0 radical (unpaired) electrons. The predicted octanol–water partition coefficient (Wildman–Crippen LogP) is 2.15. The summed E-state index contributed by atoms with van der Waals surface area (Å²) in [5.74, 6) is 1.60. The van der Waals surface area contributed by atoms with Gasteiger partial charge >= 0.3 is 0 Å². The van der Waals surface area contributed by atoms with Crippen LogP contribution in [0.15, 0.2) is 9.98 Å². The van der Waals surface area contributed by atoms with Gasteiger partial charge in [0.05, 0.1) is 6.54 Å². The van der Waals surface area contributed by atoms with E-state index in [0.29, 0.717) is 5.92 Å². The van der Waals surface area contributed by atoms with Gasteiger partial charge in [0.25, 0.3) is 0 Å². The van der Waals surface area contributed by atoms with Crippen molar-refractivity contribution in [2.45, 2.75) is 27.7 Å². The Bertz CT molecular complexity index is 200. The van der Waals surface area contributed by atoms with Crippen molar-refractivity contribution >= 4 is 12.1 Å². The number of aliphatic imine (C=N–C) groups is 2. The van der Waals surface area contributed by atoms with Gasteiger partial charge in [0, 0.05) is 11.6 Å². The molecule has 1 heterocycles. The highest BCUT2D eigenvalue weighted by Gasteiger charge is 2.29. The molecule has 1 aliphatic heterocycles. The number of amidine groups is 1. The number of nitrogens with zero attached hydrogens (tertiary/aromatic N) is 2. The molecule has 2 nitrogen and oxygen atoms in total. The van der Waals surface area contributed by atoms with Crippen molar-refractivity contribution in [3.8, 4) is 0 Å². The molecule has 0 saturated heterocycles. The zero-order valence-corrected chi connectivity index (χ0v) is 7.76. The van der Waals surface area contributed by atoms with Crippen molar-refractivity contribution in [2.75, 3.05) is 6.54 Å². The van der Waals surface area contributed by atoms with Crippen molar-refractivity contribution in [3.05, 3.63) is 0 Å². The lowest BCUT2D eigenvalue weighted by atomic mass is 9.80. The molecule has 11 heavy (non-hydrogen) atoms. The molecule has 0 saturated carbocycles. The lowest BCUT2D eigenvalue weighted by Gasteiger charge is -2.27. The van der Waals surface area contributed by atoms with E-state index in [0.717, 1.165) is 12.4 Å². The number of rotatable bonds is 2. The second kappa shape index (κ2) is 2.76. The zero-order chi connectivity index (χ0) is 8.48. The van der Waals surface area contributed by atoms with Crippen LogP contribution < -0.4 is 0 Å². The maximum Gasteiger partial charge on any atom is 0.129 e. The first-order valence-corrected chi connectivity index (χ1v) is 4.12. The summed E-state index contributed by atoms with van der Waals surface area (Å²) in [4.78, 5) is 8.58. The summed E-state index contributed by atoms with van der Waals surface area (Å²) in [6.07, 6.45) is 1.87. The zero-order valence-electron chi connectivity index (χ0n) is 7.76. The molecule has 0 atom stereocenters. The Kier molecular flexibility index (Phi) is 2.12. The molecule has 0 aromatic rings. The second-order valence-corrected chi connectivity index (χ2v) is 3.85. The van der Waals surface area contributed by atoms with Crippen molar-refractivity contribution in [3.63, 3.8) is 0 Å². The van der Waals surface area contributed by atoms with E-state index in [2.05, 4.69) is 37.7 Å². The van der Waals surface area contributed by atoms with E-state index < -0.39 is 0 Å². The van der Waals surface area contributed by atoms with Crippen LogP contribution in [0.3, 0.4) is 0 Å². The Hall–Kier alpha value is -0.660. The topological polar surface area (TPSA) is 24.7 Å². The van der Waals surface area contributed by atoms with E-state index in [1.165, 1.54) is 0 Å². The fraction of sp³-hybridized carbons (Fsp3) is 0.778. The summed E-state index contributed by atoms with van der Waals surface area (Å²) in [6.45, 7) is 9.57. The molecule has 0 aliphatic carbocycles. The van der Waals surface area contributed by atoms with Crippen LogP contribution in [0.4, 0.5) is 0 Å². The van der Waals surface area contributed by atoms with Crippen LogP contribution in [0.25, 0.3) is 0 Å². The highest BCUT2D eigenvalue weighted by molar-refractivity contribution is 5.98. The normalized spacial score (nSPS) is 17.7. The van der Waals surface area contributed by atoms with Crippen LogP contribution in [-0.2, 0) is 0 Å². The predicted molar refractivity (Wildman–Crippen MR) is 49.4 cm³/mol. The third-order valence-corrected chi connectivity index (χ3v) is 2.56. The monoisotopic (exact) mass is 152 g/mol. The van der Waals surface area contributed by atoms with Gasteiger partial charge in [-0.05, 0) is 5.92 Å². The summed E-state index contributed by atoms with van der Waals surface area (Å²) in [5, 5.41) is 0. The first kappa shape index (κ1) is 8.44. The smallest absolute Gasteiger partial charge is 0.129 e. The van der Waals surface area contributed by atoms with Crippen LogP contribution in [0, 0.1) is 11.3 Å². The standard InChI is InChI=1S/C9H16N2/c1-7(2)9(3,4)8-10-5-6-11-8/h5,7H,6H2,1-4H3. The van der Waals surface area contributed by atoms with Gasteiger partial charge in [-0.1, -0.05) is 27.7 Å². The highest BCUT2D eigenvalue weighted by atomic mass is 15.0. The Labute approximate surface area is 68.4 Å². The molecule has 0 amide bonds. The largest absolute Gasteiger partial charge is 0.264 e. The summed E-state index contributed by atoms with van der Waals surface area (Å²) in [7, 11) is 0. The van der Waals surface area contributed by atoms with E-state index >= 15 is 0 Å². The van der Waals surface area contributed by atoms with Gasteiger partial charge < -0.3 is 0 Å². The first-order chi connectivity index (χ1) is 5.05. The summed E-state index contributed by atoms with van der Waals surface area (Å²) < 4.78 is 0. The van der Waals surface area contributed by atoms with E-state index in [1.807, 2.05) is 6.21 Å². The van der Waals surface area contributed by atoms with Gasteiger partial charge in [-0.2, -0.15) is 0 Å². The quantitative estimate of drug-likeness (QED) is 0.579. The number of hydrogen-bond donors (Lipinski definition) is 0. The molecule has 0 unspecified atom stereocenters. The van der Waals surface area contributed by atoms with Crippen molar-refractivity contribution in [1.29, 1.82) is 0 Å². The van der Waals surface area contributed by atoms with E-state index in [-0.39, 0.29) is 5.41 Å². The van der Waals surface area contributed by atoms with Gasteiger partial charge in [0.1, 0.15) is 5.84 Å². The Morgan fingerprint density at radius 2 is 2.09 bits per heavy atom. The van der Waals surface area contributed by atoms with Crippen molar-refractivity contribution in [2.24, 2.45) is 21.3 Å². The molecular weight excluding hydrogens is 136 g/mol. The molecule has 62 valence electrons. The minimum Gasteiger partial charge on any atom is -0.264 e. The molecule has 0 aromatic carbocycles. The third kappa shape index (κ3) is 1.50. The van der Waals surface area contributed by atoms with Gasteiger partial charge in [-0.25, -0.2) is 4.99 Å². The molecule has 0 aromatic heterocycles. The van der Waals surface area contributed by atoms with Crippen LogP contribution in [-0.4, -0.2) is 18.6 Å². The molecule has 0 fully saturated rings. The molecular formula is C9H16N2. The molecule has 1 rings (SSSR count). The Morgan fingerprint density at radius 1 is 1.45 bits per heavy atom. The fourth-order valence-corrected chi connectivity index (χ4v) is 0.924. The summed E-state index contributed by atoms with van der Waals surface area (Å²) in [6, 6.07) is 0. The average Bonchev–Trinajstić information content (AvgIpc) is 2.37. The van der Waals surface area contributed by atoms with Crippen LogP contribution in [0.2, 0.25) is 0 Å². The minimum absolute atomic E-state index is 0.132. The third-order valence-electron chi connectivity index (χ3n) is 2.56. The van der Waals surface area contributed by atoms with Gasteiger partial charge in [-0.15, -0.1) is 0 Å². The minimum atomic E-state index is 0.132. The van der Waals surface area contributed by atoms with E-state index in [9.17, 15) is 0 Å². The molecule has 2 heteroatoms. The van der Waals surface area contributed by atoms with E-state index in [1.54, 1.807) is 0 Å². The van der Waals surface area contributed by atoms with Crippen molar-refractivity contribution in [1.82, 2.24) is 0 Å². The number of hydrogen-bond acceptors (Lipinski definition) is 2. The SMILES string of the molecule is CC(C)C(C)(C)C1=NCC=N1. The summed E-state index contributed by atoms with van der Waals surface area (Å²) in [5.41, 5.74) is 0.132.